The van der Waals surface area contributed by atoms with Crippen LogP contribution in [0.1, 0.15) is 40.0 Å². The van der Waals surface area contributed by atoms with Gasteiger partial charge in [-0.05, 0) is 37.6 Å². The molecule has 2 heteroatoms. The zero-order valence-corrected chi connectivity index (χ0v) is 11.0. The second-order valence-electron chi connectivity index (χ2n) is 4.85. The van der Waals surface area contributed by atoms with Crippen molar-refractivity contribution in [3.8, 4) is 0 Å². The molecular formula is C14H27NO. The van der Waals surface area contributed by atoms with Crippen LogP contribution in [0.5, 0.6) is 0 Å². The first kappa shape index (κ1) is 13.7. The number of nitrogens with one attached hydrogen (secondary N) is 1. The summed E-state index contributed by atoms with van der Waals surface area (Å²) in [5.41, 5.74) is 0. The highest BCUT2D eigenvalue weighted by Gasteiger charge is 2.19. The van der Waals surface area contributed by atoms with Gasteiger partial charge in [0, 0.05) is 6.54 Å². The molecule has 2 nitrogen and oxygen atoms in total. The highest BCUT2D eigenvalue weighted by molar-refractivity contribution is 4.93. The third-order valence-corrected chi connectivity index (χ3v) is 3.54. The lowest BCUT2D eigenvalue weighted by Crippen LogP contribution is -2.31. The predicted molar refractivity (Wildman–Crippen MR) is 69.6 cm³/mol. The molecule has 94 valence electrons. The van der Waals surface area contributed by atoms with Crippen LogP contribution in [0.25, 0.3) is 0 Å². The molecule has 1 N–H and O–H groups in total. The number of hydrogen-bond donors (Lipinski definition) is 1. The molecule has 0 spiro atoms. The van der Waals surface area contributed by atoms with E-state index in [-0.39, 0.29) is 0 Å². The van der Waals surface area contributed by atoms with Crippen LogP contribution in [0.15, 0.2) is 12.2 Å². The van der Waals surface area contributed by atoms with E-state index in [1.807, 2.05) is 0 Å². The summed E-state index contributed by atoms with van der Waals surface area (Å²) in [5.74, 6) is 1.50. The zero-order valence-electron chi connectivity index (χ0n) is 11.0. The van der Waals surface area contributed by atoms with Crippen LogP contribution in [0.3, 0.4) is 0 Å². The van der Waals surface area contributed by atoms with Crippen LogP contribution in [0.2, 0.25) is 0 Å². The fourth-order valence-electron chi connectivity index (χ4n) is 2.13. The van der Waals surface area contributed by atoms with E-state index in [0.717, 1.165) is 38.0 Å². The molecule has 1 rings (SSSR count). The lowest BCUT2D eigenvalue weighted by molar-refractivity contribution is 0.0153. The van der Waals surface area contributed by atoms with E-state index in [2.05, 4.69) is 38.2 Å². The van der Waals surface area contributed by atoms with Crippen molar-refractivity contribution in [3.05, 3.63) is 12.2 Å². The standard InChI is InChI=1S/C14H27NO/c1-4-14(10-15-5-2)16-11-13-9-7-6-8-12(13)3/h6-7,12-15H,4-5,8-11H2,1-3H3. The second-order valence-corrected chi connectivity index (χ2v) is 4.85. The summed E-state index contributed by atoms with van der Waals surface area (Å²) in [6.07, 6.45) is 8.51. The minimum Gasteiger partial charge on any atom is -0.377 e. The minimum atomic E-state index is 0.387. The van der Waals surface area contributed by atoms with Gasteiger partial charge in [0.2, 0.25) is 0 Å². The van der Waals surface area contributed by atoms with Crippen molar-refractivity contribution in [1.82, 2.24) is 5.32 Å². The average molecular weight is 225 g/mol. The fraction of sp³-hybridized carbons (Fsp3) is 0.857. The molecule has 1 aliphatic carbocycles. The van der Waals surface area contributed by atoms with Gasteiger partial charge in [-0.2, -0.15) is 0 Å². The maximum Gasteiger partial charge on any atom is 0.0696 e. The zero-order chi connectivity index (χ0) is 11.8. The van der Waals surface area contributed by atoms with Crippen LogP contribution >= 0.6 is 0 Å². The Morgan fingerprint density at radius 2 is 2.06 bits per heavy atom. The second kappa shape index (κ2) is 7.86. The summed E-state index contributed by atoms with van der Waals surface area (Å²) in [7, 11) is 0. The summed E-state index contributed by atoms with van der Waals surface area (Å²) in [6, 6.07) is 0. The summed E-state index contributed by atoms with van der Waals surface area (Å²) >= 11 is 0. The van der Waals surface area contributed by atoms with E-state index in [0.29, 0.717) is 6.10 Å². The lowest BCUT2D eigenvalue weighted by atomic mass is 9.85. The summed E-state index contributed by atoms with van der Waals surface area (Å²) in [6.45, 7) is 9.62. The number of allylic oxidation sites excluding steroid dienone is 2. The van der Waals surface area contributed by atoms with E-state index in [4.69, 9.17) is 4.74 Å². The van der Waals surface area contributed by atoms with Crippen molar-refractivity contribution in [2.75, 3.05) is 19.7 Å². The Balaban J connectivity index is 2.23. The molecule has 1 aliphatic rings. The first-order valence-electron chi connectivity index (χ1n) is 6.75. The molecule has 3 unspecified atom stereocenters. The molecule has 0 aliphatic heterocycles. The van der Waals surface area contributed by atoms with E-state index in [1.54, 1.807) is 0 Å². The molecular weight excluding hydrogens is 198 g/mol. The van der Waals surface area contributed by atoms with Gasteiger partial charge in [0.1, 0.15) is 0 Å². The lowest BCUT2D eigenvalue weighted by Gasteiger charge is -2.27. The third kappa shape index (κ3) is 4.67. The van der Waals surface area contributed by atoms with E-state index in [1.165, 1.54) is 12.8 Å². The Hall–Kier alpha value is -0.340. The quantitative estimate of drug-likeness (QED) is 0.673. The van der Waals surface area contributed by atoms with Crippen LogP contribution in [-0.2, 0) is 4.74 Å². The van der Waals surface area contributed by atoms with Gasteiger partial charge >= 0.3 is 0 Å². The molecule has 0 amide bonds. The van der Waals surface area contributed by atoms with Crippen LogP contribution in [-0.4, -0.2) is 25.8 Å². The Labute approximate surface area is 100 Å². The van der Waals surface area contributed by atoms with Crippen molar-refractivity contribution in [1.29, 1.82) is 0 Å². The fourth-order valence-corrected chi connectivity index (χ4v) is 2.13. The highest BCUT2D eigenvalue weighted by atomic mass is 16.5. The molecule has 0 bridgehead atoms. The number of likely N-dealkylation sites (N-methyl/N-ethyl adjacent to an activating group) is 1. The average Bonchev–Trinajstić information content (AvgIpc) is 2.31. The van der Waals surface area contributed by atoms with Gasteiger partial charge in [0.05, 0.1) is 12.7 Å². The molecule has 0 aromatic heterocycles. The van der Waals surface area contributed by atoms with Crippen LogP contribution in [0, 0.1) is 11.8 Å². The smallest absolute Gasteiger partial charge is 0.0696 e. The van der Waals surface area contributed by atoms with Crippen molar-refractivity contribution < 1.29 is 4.74 Å². The van der Waals surface area contributed by atoms with Crippen molar-refractivity contribution in [2.24, 2.45) is 11.8 Å². The summed E-state index contributed by atoms with van der Waals surface area (Å²) in [5, 5.41) is 3.36. The molecule has 0 saturated carbocycles. The van der Waals surface area contributed by atoms with Gasteiger partial charge < -0.3 is 10.1 Å². The predicted octanol–water partition coefficient (Wildman–Crippen LogP) is 2.99. The van der Waals surface area contributed by atoms with Crippen molar-refractivity contribution >= 4 is 0 Å². The number of rotatable bonds is 7. The first-order valence-corrected chi connectivity index (χ1v) is 6.75. The first-order chi connectivity index (χ1) is 7.77. The molecule has 0 aromatic carbocycles. The highest BCUT2D eigenvalue weighted by Crippen LogP contribution is 2.25. The Bertz CT molecular complexity index is 203. The molecule has 16 heavy (non-hydrogen) atoms. The van der Waals surface area contributed by atoms with Gasteiger partial charge in [0.25, 0.3) is 0 Å². The third-order valence-electron chi connectivity index (χ3n) is 3.54. The van der Waals surface area contributed by atoms with Gasteiger partial charge in [-0.1, -0.05) is 32.9 Å². The Kier molecular flexibility index (Phi) is 6.74. The van der Waals surface area contributed by atoms with E-state index in [9.17, 15) is 0 Å². The van der Waals surface area contributed by atoms with Crippen molar-refractivity contribution in [3.63, 3.8) is 0 Å². The van der Waals surface area contributed by atoms with Gasteiger partial charge in [0.15, 0.2) is 0 Å². The Morgan fingerprint density at radius 1 is 1.31 bits per heavy atom. The topological polar surface area (TPSA) is 21.3 Å². The molecule has 0 fully saturated rings. The van der Waals surface area contributed by atoms with Gasteiger partial charge in [-0.25, -0.2) is 0 Å². The van der Waals surface area contributed by atoms with E-state index < -0.39 is 0 Å². The largest absolute Gasteiger partial charge is 0.377 e. The maximum atomic E-state index is 6.01. The van der Waals surface area contributed by atoms with Crippen molar-refractivity contribution in [2.45, 2.75) is 46.1 Å². The van der Waals surface area contributed by atoms with E-state index >= 15 is 0 Å². The van der Waals surface area contributed by atoms with Gasteiger partial charge in [-0.15, -0.1) is 0 Å². The maximum absolute atomic E-state index is 6.01. The summed E-state index contributed by atoms with van der Waals surface area (Å²) in [4.78, 5) is 0. The van der Waals surface area contributed by atoms with Gasteiger partial charge in [-0.3, -0.25) is 0 Å². The SMILES string of the molecule is CCNCC(CC)OCC1CC=CCC1C. The monoisotopic (exact) mass is 225 g/mol. The van der Waals surface area contributed by atoms with Crippen LogP contribution in [0.4, 0.5) is 0 Å². The Morgan fingerprint density at radius 3 is 2.69 bits per heavy atom. The minimum absolute atomic E-state index is 0.387. The molecule has 0 heterocycles. The summed E-state index contributed by atoms with van der Waals surface area (Å²) < 4.78 is 6.01. The molecule has 0 aromatic rings. The van der Waals surface area contributed by atoms with Crippen LogP contribution < -0.4 is 5.32 Å². The molecule has 3 atom stereocenters. The normalized spacial score (nSPS) is 26.9. The number of ether oxygens (including phenoxy) is 1. The molecule has 0 saturated heterocycles. The molecule has 0 radical (unpaired) electrons. The number of hydrogen-bond acceptors (Lipinski definition) is 2.